The summed E-state index contributed by atoms with van der Waals surface area (Å²) in [5, 5.41) is 18.2. The van der Waals surface area contributed by atoms with Gasteiger partial charge in [-0.2, -0.15) is 5.10 Å². The van der Waals surface area contributed by atoms with Gasteiger partial charge >= 0.3 is 5.69 Å². The summed E-state index contributed by atoms with van der Waals surface area (Å²) in [4.78, 5) is 10.5. The van der Waals surface area contributed by atoms with Crippen molar-refractivity contribution in [1.82, 2.24) is 9.78 Å². The third-order valence-corrected chi connectivity index (χ3v) is 2.51. The van der Waals surface area contributed by atoms with Crippen LogP contribution in [0.4, 0.5) is 17.2 Å². The number of nitro benzene ring substituents is 1. The lowest BCUT2D eigenvalue weighted by Gasteiger charge is -2.11. The van der Waals surface area contributed by atoms with Crippen molar-refractivity contribution in [2.75, 3.05) is 5.32 Å². The SMILES string of the molecule is CC(C)Oc1cc(Nc2ccn(C)n2)ccc1[N+](=O)[O-]. The third-order valence-electron chi connectivity index (χ3n) is 2.51. The summed E-state index contributed by atoms with van der Waals surface area (Å²) in [6.45, 7) is 3.64. The molecular weight excluding hydrogens is 260 g/mol. The lowest BCUT2D eigenvalue weighted by Crippen LogP contribution is -2.07. The standard InChI is InChI=1S/C13H16N4O3/c1-9(2)20-12-8-10(4-5-11(12)17(18)19)14-13-6-7-16(3)15-13/h4-9H,1-3H3,(H,14,15). The summed E-state index contributed by atoms with van der Waals surface area (Å²) in [6, 6.07) is 6.46. The number of benzene rings is 1. The van der Waals surface area contributed by atoms with Gasteiger partial charge in [-0.05, 0) is 19.9 Å². The molecule has 0 atom stereocenters. The summed E-state index contributed by atoms with van der Waals surface area (Å²) in [5.74, 6) is 0.905. The molecule has 1 N–H and O–H groups in total. The average Bonchev–Trinajstić information content (AvgIpc) is 2.73. The lowest BCUT2D eigenvalue weighted by molar-refractivity contribution is -0.386. The molecule has 0 amide bonds. The minimum atomic E-state index is -0.456. The first-order valence-corrected chi connectivity index (χ1v) is 6.17. The molecular formula is C13H16N4O3. The molecule has 0 bridgehead atoms. The number of hydrogen-bond acceptors (Lipinski definition) is 5. The van der Waals surface area contributed by atoms with E-state index in [0.717, 1.165) is 0 Å². The number of aromatic nitrogens is 2. The molecule has 106 valence electrons. The Balaban J connectivity index is 2.28. The van der Waals surface area contributed by atoms with E-state index in [2.05, 4.69) is 10.4 Å². The van der Waals surface area contributed by atoms with Crippen molar-refractivity contribution in [1.29, 1.82) is 0 Å². The van der Waals surface area contributed by atoms with Crippen LogP contribution in [0.15, 0.2) is 30.5 Å². The first-order valence-electron chi connectivity index (χ1n) is 6.17. The zero-order chi connectivity index (χ0) is 14.7. The molecule has 0 aliphatic rings. The van der Waals surface area contributed by atoms with Gasteiger partial charge in [-0.3, -0.25) is 14.8 Å². The molecule has 1 aromatic heterocycles. The van der Waals surface area contributed by atoms with E-state index in [0.29, 0.717) is 11.5 Å². The van der Waals surface area contributed by atoms with Crippen LogP contribution < -0.4 is 10.1 Å². The number of nitrogens with zero attached hydrogens (tertiary/aromatic N) is 3. The second-order valence-corrected chi connectivity index (χ2v) is 4.61. The zero-order valence-electron chi connectivity index (χ0n) is 11.5. The molecule has 1 aromatic carbocycles. The van der Waals surface area contributed by atoms with Gasteiger partial charge in [-0.1, -0.05) is 0 Å². The highest BCUT2D eigenvalue weighted by Gasteiger charge is 2.17. The van der Waals surface area contributed by atoms with E-state index in [1.54, 1.807) is 23.0 Å². The maximum atomic E-state index is 11.0. The minimum Gasteiger partial charge on any atom is -0.484 e. The molecule has 0 spiro atoms. The van der Waals surface area contributed by atoms with Crippen molar-refractivity contribution in [3.63, 3.8) is 0 Å². The van der Waals surface area contributed by atoms with E-state index in [1.165, 1.54) is 6.07 Å². The third kappa shape index (κ3) is 3.25. The van der Waals surface area contributed by atoms with Crippen LogP contribution >= 0.6 is 0 Å². The van der Waals surface area contributed by atoms with Crippen LogP contribution in [-0.2, 0) is 7.05 Å². The Morgan fingerprint density at radius 1 is 1.40 bits per heavy atom. The molecule has 0 unspecified atom stereocenters. The Morgan fingerprint density at radius 2 is 2.15 bits per heavy atom. The summed E-state index contributed by atoms with van der Waals surface area (Å²) in [5.41, 5.74) is 0.634. The molecule has 0 radical (unpaired) electrons. The average molecular weight is 276 g/mol. The van der Waals surface area contributed by atoms with Crippen molar-refractivity contribution < 1.29 is 9.66 Å². The molecule has 7 nitrogen and oxygen atoms in total. The Bertz CT molecular complexity index is 622. The smallest absolute Gasteiger partial charge is 0.311 e. The number of nitro groups is 1. The second-order valence-electron chi connectivity index (χ2n) is 4.61. The van der Waals surface area contributed by atoms with Crippen LogP contribution in [0.2, 0.25) is 0 Å². The van der Waals surface area contributed by atoms with Crippen LogP contribution in [0, 0.1) is 10.1 Å². The maximum Gasteiger partial charge on any atom is 0.311 e. The molecule has 0 saturated heterocycles. The van der Waals surface area contributed by atoms with Crippen LogP contribution in [-0.4, -0.2) is 20.8 Å². The summed E-state index contributed by atoms with van der Waals surface area (Å²) >= 11 is 0. The van der Waals surface area contributed by atoms with Crippen molar-refractivity contribution in [2.45, 2.75) is 20.0 Å². The highest BCUT2D eigenvalue weighted by atomic mass is 16.6. The molecule has 2 aromatic rings. The van der Waals surface area contributed by atoms with Gasteiger partial charge in [0.1, 0.15) is 0 Å². The molecule has 7 heteroatoms. The van der Waals surface area contributed by atoms with Crippen LogP contribution in [0.25, 0.3) is 0 Å². The van der Waals surface area contributed by atoms with Crippen LogP contribution in [0.1, 0.15) is 13.8 Å². The maximum absolute atomic E-state index is 11.0. The van der Waals surface area contributed by atoms with E-state index < -0.39 is 4.92 Å². The van der Waals surface area contributed by atoms with Crippen LogP contribution in [0.5, 0.6) is 5.75 Å². The number of anilines is 2. The van der Waals surface area contributed by atoms with Crippen molar-refractivity contribution in [2.24, 2.45) is 7.05 Å². The highest BCUT2D eigenvalue weighted by molar-refractivity contribution is 5.63. The van der Waals surface area contributed by atoms with Gasteiger partial charge in [0.25, 0.3) is 0 Å². The molecule has 1 heterocycles. The summed E-state index contributed by atoms with van der Waals surface area (Å²) < 4.78 is 7.15. The highest BCUT2D eigenvalue weighted by Crippen LogP contribution is 2.31. The van der Waals surface area contributed by atoms with E-state index in [-0.39, 0.29) is 17.5 Å². The van der Waals surface area contributed by atoms with Gasteiger partial charge in [0.15, 0.2) is 11.6 Å². The lowest BCUT2D eigenvalue weighted by atomic mass is 10.2. The van der Waals surface area contributed by atoms with E-state index >= 15 is 0 Å². The fraction of sp³-hybridized carbons (Fsp3) is 0.308. The first-order chi connectivity index (χ1) is 9.45. The van der Waals surface area contributed by atoms with Crippen molar-refractivity contribution in [3.8, 4) is 5.75 Å². The Labute approximate surface area is 116 Å². The fourth-order valence-corrected chi connectivity index (χ4v) is 1.72. The molecule has 0 aliphatic heterocycles. The quantitative estimate of drug-likeness (QED) is 0.670. The number of ether oxygens (including phenoxy) is 1. The number of nitrogens with one attached hydrogen (secondary N) is 1. The predicted molar refractivity (Wildman–Crippen MR) is 75.4 cm³/mol. The molecule has 0 aliphatic carbocycles. The predicted octanol–water partition coefficient (Wildman–Crippen LogP) is 2.86. The van der Waals surface area contributed by atoms with E-state index in [1.807, 2.05) is 27.0 Å². The molecule has 0 fully saturated rings. The van der Waals surface area contributed by atoms with Crippen molar-refractivity contribution >= 4 is 17.2 Å². The van der Waals surface area contributed by atoms with E-state index in [9.17, 15) is 10.1 Å². The number of hydrogen-bond donors (Lipinski definition) is 1. The van der Waals surface area contributed by atoms with Crippen LogP contribution in [0.3, 0.4) is 0 Å². The minimum absolute atomic E-state index is 0.0507. The summed E-state index contributed by atoms with van der Waals surface area (Å²) in [7, 11) is 1.81. The fourth-order valence-electron chi connectivity index (χ4n) is 1.72. The van der Waals surface area contributed by atoms with Gasteiger partial charge in [0, 0.05) is 37.1 Å². The largest absolute Gasteiger partial charge is 0.484 e. The van der Waals surface area contributed by atoms with Gasteiger partial charge < -0.3 is 10.1 Å². The molecule has 0 saturated carbocycles. The first kappa shape index (κ1) is 13.9. The van der Waals surface area contributed by atoms with Crippen molar-refractivity contribution in [3.05, 3.63) is 40.6 Å². The number of rotatable bonds is 5. The Kier molecular flexibility index (Phi) is 3.88. The normalized spacial score (nSPS) is 10.6. The van der Waals surface area contributed by atoms with Gasteiger partial charge in [-0.25, -0.2) is 0 Å². The second kappa shape index (κ2) is 5.60. The molecule has 20 heavy (non-hydrogen) atoms. The van der Waals surface area contributed by atoms with Gasteiger partial charge in [-0.15, -0.1) is 0 Å². The monoisotopic (exact) mass is 276 g/mol. The zero-order valence-corrected chi connectivity index (χ0v) is 11.5. The van der Waals surface area contributed by atoms with E-state index in [4.69, 9.17) is 4.74 Å². The number of aryl methyl sites for hydroxylation is 1. The Morgan fingerprint density at radius 3 is 2.70 bits per heavy atom. The van der Waals surface area contributed by atoms with Gasteiger partial charge in [0.05, 0.1) is 11.0 Å². The topological polar surface area (TPSA) is 82.2 Å². The Hall–Kier alpha value is -2.57. The van der Waals surface area contributed by atoms with Gasteiger partial charge in [0.2, 0.25) is 0 Å². The molecule has 2 rings (SSSR count). The summed E-state index contributed by atoms with van der Waals surface area (Å²) in [6.07, 6.45) is 1.66.